The zero-order valence-electron chi connectivity index (χ0n) is 13.2. The van der Waals surface area contributed by atoms with Gasteiger partial charge in [-0.15, -0.1) is 0 Å². The van der Waals surface area contributed by atoms with Crippen LogP contribution in [0.1, 0.15) is 44.6 Å². The molecule has 2 saturated heterocycles. The molecule has 2 aliphatic rings. The van der Waals surface area contributed by atoms with Gasteiger partial charge in [-0.2, -0.15) is 0 Å². The summed E-state index contributed by atoms with van der Waals surface area (Å²) in [5.74, 6) is 0. The van der Waals surface area contributed by atoms with Crippen molar-refractivity contribution in [3.8, 4) is 0 Å². The number of nitrogens with zero attached hydrogens (tertiary/aromatic N) is 1. The van der Waals surface area contributed by atoms with Gasteiger partial charge in [0.05, 0.1) is 0 Å². The Balaban J connectivity index is 1.58. The van der Waals surface area contributed by atoms with E-state index < -0.39 is 0 Å². The van der Waals surface area contributed by atoms with Crippen LogP contribution in [0, 0.1) is 0 Å². The average molecular weight is 284 g/mol. The summed E-state index contributed by atoms with van der Waals surface area (Å²) in [6.45, 7) is 4.61. The molecule has 0 saturated carbocycles. The first-order valence-corrected chi connectivity index (χ1v) is 8.57. The number of hydrogen-bond donors (Lipinski definition) is 1. The molecule has 2 heteroatoms. The maximum absolute atomic E-state index is 3.75. The van der Waals surface area contributed by atoms with Gasteiger partial charge in [0.2, 0.25) is 0 Å². The highest BCUT2D eigenvalue weighted by Gasteiger charge is 2.35. The molecule has 0 spiro atoms. The van der Waals surface area contributed by atoms with Gasteiger partial charge in [0, 0.05) is 24.7 Å². The van der Waals surface area contributed by atoms with Crippen LogP contribution in [0.5, 0.6) is 0 Å². The highest BCUT2D eigenvalue weighted by Crippen LogP contribution is 2.29. The zero-order chi connectivity index (χ0) is 14.5. The molecule has 114 valence electrons. The largest absolute Gasteiger partial charge is 0.311 e. The normalized spacial score (nSPS) is 28.6. The van der Waals surface area contributed by atoms with Gasteiger partial charge in [-0.05, 0) is 44.2 Å². The van der Waals surface area contributed by atoms with Crippen LogP contribution in [-0.4, -0.2) is 36.1 Å². The summed E-state index contributed by atoms with van der Waals surface area (Å²) >= 11 is 0. The smallest absolute Gasteiger partial charge is 0.0169 e. The molecule has 0 aliphatic carbocycles. The first kappa shape index (κ1) is 14.8. The van der Waals surface area contributed by atoms with E-state index >= 15 is 0 Å². The third kappa shape index (κ3) is 3.96. The van der Waals surface area contributed by atoms with E-state index in [1.165, 1.54) is 44.2 Å². The van der Waals surface area contributed by atoms with E-state index in [1.807, 2.05) is 0 Å². The molecular weight excluding hydrogens is 256 g/mol. The van der Waals surface area contributed by atoms with E-state index in [-0.39, 0.29) is 0 Å². The molecule has 2 bridgehead atoms. The number of fused-ring (bicyclic) bond motifs is 2. The first-order valence-electron chi connectivity index (χ1n) is 8.57. The molecule has 0 amide bonds. The number of hydrogen-bond acceptors (Lipinski definition) is 2. The second-order valence-corrected chi connectivity index (χ2v) is 6.57. The molecule has 2 fully saturated rings. The van der Waals surface area contributed by atoms with Crippen LogP contribution in [0.3, 0.4) is 0 Å². The second-order valence-electron chi connectivity index (χ2n) is 6.57. The van der Waals surface area contributed by atoms with Crippen molar-refractivity contribution in [2.45, 2.75) is 57.2 Å². The van der Waals surface area contributed by atoms with E-state index in [1.54, 1.807) is 0 Å². The summed E-state index contributed by atoms with van der Waals surface area (Å²) in [7, 11) is 0. The Kier molecular flexibility index (Phi) is 5.10. The lowest BCUT2D eigenvalue weighted by molar-refractivity contribution is 0.156. The lowest BCUT2D eigenvalue weighted by Crippen LogP contribution is -2.48. The van der Waals surface area contributed by atoms with Gasteiger partial charge in [-0.25, -0.2) is 0 Å². The summed E-state index contributed by atoms with van der Waals surface area (Å²) in [5, 5.41) is 3.75. The quantitative estimate of drug-likeness (QED) is 0.857. The van der Waals surface area contributed by atoms with Crippen molar-refractivity contribution in [3.63, 3.8) is 0 Å². The molecule has 2 nitrogen and oxygen atoms in total. The molecule has 2 heterocycles. The van der Waals surface area contributed by atoms with Gasteiger partial charge in [0.25, 0.3) is 0 Å². The maximum atomic E-state index is 3.75. The number of nitrogens with one attached hydrogen (secondary N) is 1. The molecule has 21 heavy (non-hydrogen) atoms. The van der Waals surface area contributed by atoms with Crippen molar-refractivity contribution in [1.82, 2.24) is 10.2 Å². The van der Waals surface area contributed by atoms with Gasteiger partial charge in [-0.3, -0.25) is 4.90 Å². The molecule has 1 N–H and O–H groups in total. The van der Waals surface area contributed by atoms with Crippen LogP contribution in [0.15, 0.2) is 36.4 Å². The minimum atomic E-state index is 0.782. The summed E-state index contributed by atoms with van der Waals surface area (Å²) in [4.78, 5) is 2.70. The number of piperidine rings is 1. The Bertz CT molecular complexity index is 442. The van der Waals surface area contributed by atoms with E-state index in [0.717, 1.165) is 24.7 Å². The molecule has 1 aromatic carbocycles. The first-order chi connectivity index (χ1) is 10.3. The van der Waals surface area contributed by atoms with Crippen LogP contribution in [0.2, 0.25) is 0 Å². The Morgan fingerprint density at radius 1 is 1.14 bits per heavy atom. The lowest BCUT2D eigenvalue weighted by Gasteiger charge is -2.37. The van der Waals surface area contributed by atoms with Gasteiger partial charge < -0.3 is 5.32 Å². The fraction of sp³-hybridized carbons (Fsp3) is 0.579. The van der Waals surface area contributed by atoms with Crippen LogP contribution in [0.4, 0.5) is 0 Å². The number of rotatable bonds is 6. The third-order valence-electron chi connectivity index (χ3n) is 4.93. The minimum absolute atomic E-state index is 0.782. The molecular formula is C19H28N2. The topological polar surface area (TPSA) is 15.3 Å². The van der Waals surface area contributed by atoms with E-state index in [2.05, 4.69) is 59.6 Å². The van der Waals surface area contributed by atoms with Crippen LogP contribution < -0.4 is 5.32 Å². The Labute approximate surface area is 129 Å². The monoisotopic (exact) mass is 284 g/mol. The van der Waals surface area contributed by atoms with Crippen molar-refractivity contribution in [3.05, 3.63) is 42.0 Å². The Hall–Kier alpha value is -1.12. The van der Waals surface area contributed by atoms with Crippen molar-refractivity contribution < 1.29 is 0 Å². The summed E-state index contributed by atoms with van der Waals surface area (Å²) in [5.41, 5.74) is 1.30. The van der Waals surface area contributed by atoms with Gasteiger partial charge in [0.1, 0.15) is 0 Å². The molecule has 1 aromatic rings. The van der Waals surface area contributed by atoms with Crippen LogP contribution in [-0.2, 0) is 0 Å². The molecule has 0 aromatic heterocycles. The zero-order valence-corrected chi connectivity index (χ0v) is 13.2. The predicted octanol–water partition coefficient (Wildman–Crippen LogP) is 3.69. The SMILES string of the molecule is CCCN(C/C=C/c1ccccc1)C1CC2CCC(C1)N2. The third-order valence-corrected chi connectivity index (χ3v) is 4.93. The molecule has 0 radical (unpaired) electrons. The summed E-state index contributed by atoms with van der Waals surface area (Å²) in [6, 6.07) is 13.0. The molecule has 2 aliphatic heterocycles. The highest BCUT2D eigenvalue weighted by molar-refractivity contribution is 5.48. The Morgan fingerprint density at radius 2 is 1.86 bits per heavy atom. The van der Waals surface area contributed by atoms with Crippen molar-refractivity contribution in [2.24, 2.45) is 0 Å². The average Bonchev–Trinajstić information content (AvgIpc) is 2.86. The van der Waals surface area contributed by atoms with Gasteiger partial charge >= 0.3 is 0 Å². The number of benzene rings is 1. The molecule has 2 atom stereocenters. The van der Waals surface area contributed by atoms with Gasteiger partial charge in [-0.1, -0.05) is 49.4 Å². The van der Waals surface area contributed by atoms with Crippen LogP contribution in [0.25, 0.3) is 6.08 Å². The van der Waals surface area contributed by atoms with Crippen LogP contribution >= 0.6 is 0 Å². The maximum Gasteiger partial charge on any atom is 0.0169 e. The lowest BCUT2D eigenvalue weighted by atomic mass is 9.98. The van der Waals surface area contributed by atoms with Gasteiger partial charge in [0.15, 0.2) is 0 Å². The summed E-state index contributed by atoms with van der Waals surface area (Å²) in [6.07, 6.45) is 11.3. The molecule has 2 unspecified atom stereocenters. The fourth-order valence-electron chi connectivity index (χ4n) is 3.92. The minimum Gasteiger partial charge on any atom is -0.311 e. The van der Waals surface area contributed by atoms with E-state index in [0.29, 0.717) is 0 Å². The van der Waals surface area contributed by atoms with Crippen molar-refractivity contribution in [2.75, 3.05) is 13.1 Å². The molecule has 3 rings (SSSR count). The standard InChI is InChI=1S/C19H28N2/c1-2-12-21(13-6-9-16-7-4-3-5-8-16)19-14-17-10-11-18(15-19)20-17/h3-9,17-20H,2,10-15H2,1H3/b9-6+. The predicted molar refractivity (Wildman–Crippen MR) is 90.3 cm³/mol. The van der Waals surface area contributed by atoms with Crippen molar-refractivity contribution in [1.29, 1.82) is 0 Å². The Morgan fingerprint density at radius 3 is 2.52 bits per heavy atom. The van der Waals surface area contributed by atoms with Crippen molar-refractivity contribution >= 4 is 6.08 Å². The second kappa shape index (κ2) is 7.24. The fourth-order valence-corrected chi connectivity index (χ4v) is 3.92. The summed E-state index contributed by atoms with van der Waals surface area (Å²) < 4.78 is 0. The van der Waals surface area contributed by atoms with E-state index in [4.69, 9.17) is 0 Å². The van der Waals surface area contributed by atoms with E-state index in [9.17, 15) is 0 Å². The highest BCUT2D eigenvalue weighted by atomic mass is 15.2.